The van der Waals surface area contributed by atoms with Crippen LogP contribution in [0.3, 0.4) is 0 Å². The Morgan fingerprint density at radius 1 is 0.348 bits per heavy atom. The van der Waals surface area contributed by atoms with Crippen molar-refractivity contribution in [1.82, 2.24) is 18.3 Å². The highest BCUT2D eigenvalue weighted by molar-refractivity contribution is 7.26. The Morgan fingerprint density at radius 3 is 1.13 bits per heavy atom. The molecule has 7 heteroatoms. The van der Waals surface area contributed by atoms with Gasteiger partial charge in [-0.2, -0.15) is 5.26 Å². The van der Waals surface area contributed by atoms with E-state index in [9.17, 15) is 11.8 Å². The SMILES string of the molecule is [C-]#[N+]c1c(-n2c3ccccc3c3ccccc32)c(-n2c3ccccc3c3ccccc32)c(-n2c3ccccc3c3ccccc32)c(C#N)c1-n1c2ccccc2c2ccc3c4ccccc4sc3c21. The molecular formula is C62H34N6S. The molecule has 0 unspecified atom stereocenters. The summed E-state index contributed by atoms with van der Waals surface area (Å²) in [6.07, 6.45) is 0. The largest absolute Gasteiger partial charge is 0.317 e. The van der Waals surface area contributed by atoms with E-state index in [-0.39, 0.29) is 0 Å². The molecule has 6 nitrogen and oxygen atoms in total. The van der Waals surface area contributed by atoms with Gasteiger partial charge in [-0.1, -0.05) is 158 Å². The van der Waals surface area contributed by atoms with Gasteiger partial charge in [0.2, 0.25) is 5.69 Å². The Labute approximate surface area is 398 Å². The number of nitriles is 1. The molecule has 318 valence electrons. The second-order valence-corrected chi connectivity index (χ2v) is 18.8. The fourth-order valence-electron chi connectivity index (χ4n) is 11.7. The Bertz CT molecular complexity index is 4510. The van der Waals surface area contributed by atoms with Crippen LogP contribution in [0.5, 0.6) is 0 Å². The molecule has 69 heavy (non-hydrogen) atoms. The molecule has 5 aromatic heterocycles. The van der Waals surface area contributed by atoms with Gasteiger partial charge >= 0.3 is 0 Å². The lowest BCUT2D eigenvalue weighted by atomic mass is 10.0. The minimum absolute atomic E-state index is 0.375. The Kier molecular flexibility index (Phi) is 7.70. The number of benzene rings is 10. The first-order valence-corrected chi connectivity index (χ1v) is 23.9. The van der Waals surface area contributed by atoms with Crippen LogP contribution in [0.1, 0.15) is 5.56 Å². The second kappa shape index (κ2) is 14.1. The van der Waals surface area contributed by atoms with Crippen molar-refractivity contribution in [2.24, 2.45) is 0 Å². The van der Waals surface area contributed by atoms with Gasteiger partial charge in [0.05, 0.1) is 83.7 Å². The highest BCUT2D eigenvalue weighted by Crippen LogP contribution is 2.53. The maximum Gasteiger partial charge on any atom is 0.237 e. The van der Waals surface area contributed by atoms with Crippen molar-refractivity contribution in [3.8, 4) is 28.8 Å². The maximum absolute atomic E-state index is 12.5. The summed E-state index contributed by atoms with van der Waals surface area (Å²) in [5.74, 6) is 0. The fraction of sp³-hybridized carbons (Fsp3) is 0. The van der Waals surface area contributed by atoms with Crippen LogP contribution in [0, 0.1) is 17.9 Å². The average Bonchev–Trinajstić information content (AvgIpc) is 4.21. The lowest BCUT2D eigenvalue weighted by Crippen LogP contribution is -2.14. The van der Waals surface area contributed by atoms with Gasteiger partial charge in [0.15, 0.2) is 0 Å². The van der Waals surface area contributed by atoms with Crippen molar-refractivity contribution in [3.63, 3.8) is 0 Å². The molecule has 0 radical (unpaired) electrons. The minimum atomic E-state index is 0.375. The Balaban J connectivity index is 1.29. The van der Waals surface area contributed by atoms with Crippen molar-refractivity contribution in [2.45, 2.75) is 0 Å². The van der Waals surface area contributed by atoms with Gasteiger partial charge in [-0.05, 0) is 48.5 Å². The standard InChI is InChI=1S/C62H34N6S/c1-64-56-57(68-54-32-16-8-24-43(54)45-34-35-46-44-25-9-17-33-55(44)69-62(46)59(45)68)47(36-63)58(65-48-26-10-2-18-37(48)38-19-3-11-27-49(38)65)61(67-52-30-14-6-22-41(52)42-23-7-15-31-53(42)67)60(56)66-50-28-12-4-20-39(50)40-21-5-13-29-51(40)66/h2-35H. The first kappa shape index (κ1) is 37.8. The third-order valence-corrected chi connectivity index (χ3v) is 15.6. The predicted molar refractivity (Wildman–Crippen MR) is 288 cm³/mol. The first-order valence-electron chi connectivity index (χ1n) is 23.0. The number of hydrogen-bond donors (Lipinski definition) is 0. The number of hydrogen-bond acceptors (Lipinski definition) is 2. The van der Waals surface area contributed by atoms with Crippen molar-refractivity contribution in [2.75, 3.05) is 0 Å². The average molecular weight is 895 g/mol. The highest BCUT2D eigenvalue weighted by atomic mass is 32.1. The fourth-order valence-corrected chi connectivity index (χ4v) is 13.0. The summed E-state index contributed by atoms with van der Waals surface area (Å²) >= 11 is 1.76. The van der Waals surface area contributed by atoms with E-state index in [0.717, 1.165) is 103 Å². The zero-order valence-corrected chi connectivity index (χ0v) is 37.5. The van der Waals surface area contributed by atoms with Gasteiger partial charge in [-0.15, -0.1) is 11.3 Å². The third kappa shape index (κ3) is 4.91. The summed E-state index contributed by atoms with van der Waals surface area (Å²) in [6.45, 7) is 9.72. The molecule has 0 atom stereocenters. The van der Waals surface area contributed by atoms with Gasteiger partial charge in [-0.3, -0.25) is 0 Å². The van der Waals surface area contributed by atoms with Crippen LogP contribution in [0.25, 0.3) is 135 Å². The molecule has 0 saturated carbocycles. The molecule has 0 aliphatic rings. The molecule has 15 rings (SSSR count). The van der Waals surface area contributed by atoms with E-state index in [1.807, 2.05) is 0 Å². The van der Waals surface area contributed by atoms with Crippen molar-refractivity contribution in [1.29, 1.82) is 5.26 Å². The lowest BCUT2D eigenvalue weighted by Gasteiger charge is -2.27. The number of para-hydroxylation sites is 7. The minimum Gasteiger partial charge on any atom is -0.317 e. The Morgan fingerprint density at radius 2 is 0.696 bits per heavy atom. The highest BCUT2D eigenvalue weighted by Gasteiger charge is 2.35. The normalized spacial score (nSPS) is 12.0. The summed E-state index contributed by atoms with van der Waals surface area (Å²) in [6, 6.07) is 75.5. The third-order valence-electron chi connectivity index (χ3n) is 14.4. The zero-order chi connectivity index (χ0) is 45.5. The Hall–Kier alpha value is -9.40. The van der Waals surface area contributed by atoms with Crippen LogP contribution < -0.4 is 0 Å². The van der Waals surface area contributed by atoms with Crippen LogP contribution in [-0.2, 0) is 0 Å². The van der Waals surface area contributed by atoms with Crippen LogP contribution in [-0.4, -0.2) is 18.3 Å². The molecule has 0 saturated heterocycles. The summed E-state index contributed by atoms with van der Waals surface area (Å²) in [4.78, 5) is 4.76. The van der Waals surface area contributed by atoms with Gasteiger partial charge in [-0.25, -0.2) is 4.85 Å². The van der Waals surface area contributed by atoms with E-state index in [1.165, 1.54) is 10.1 Å². The van der Waals surface area contributed by atoms with Crippen molar-refractivity contribution in [3.05, 3.63) is 223 Å². The topological polar surface area (TPSA) is 47.9 Å². The molecule has 10 aromatic carbocycles. The van der Waals surface area contributed by atoms with Crippen molar-refractivity contribution < 1.29 is 0 Å². The molecule has 0 N–H and O–H groups in total. The number of rotatable bonds is 4. The summed E-state index contributed by atoms with van der Waals surface area (Å²) in [7, 11) is 0. The van der Waals surface area contributed by atoms with Crippen LogP contribution in [0.4, 0.5) is 5.69 Å². The molecule has 0 fully saturated rings. The molecular weight excluding hydrogens is 861 g/mol. The van der Waals surface area contributed by atoms with Crippen LogP contribution in [0.15, 0.2) is 206 Å². The van der Waals surface area contributed by atoms with Crippen LogP contribution in [0.2, 0.25) is 0 Å². The number of nitrogens with zero attached hydrogens (tertiary/aromatic N) is 6. The van der Waals surface area contributed by atoms with E-state index in [0.29, 0.717) is 28.3 Å². The first-order chi connectivity index (χ1) is 34.2. The summed E-state index contributed by atoms with van der Waals surface area (Å²) in [5, 5.41) is 23.3. The molecule has 0 aliphatic heterocycles. The van der Waals surface area contributed by atoms with E-state index in [4.69, 9.17) is 4.85 Å². The van der Waals surface area contributed by atoms with E-state index >= 15 is 0 Å². The van der Waals surface area contributed by atoms with E-state index < -0.39 is 0 Å². The van der Waals surface area contributed by atoms with Gasteiger partial charge in [0.25, 0.3) is 0 Å². The molecule has 15 aromatic rings. The molecule has 5 heterocycles. The summed E-state index contributed by atoms with van der Waals surface area (Å²) < 4.78 is 11.5. The molecule has 0 spiro atoms. The molecule has 0 bridgehead atoms. The van der Waals surface area contributed by atoms with Crippen LogP contribution >= 0.6 is 11.3 Å². The summed E-state index contributed by atoms with van der Waals surface area (Å²) in [5.41, 5.74) is 11.1. The number of thiophene rings is 1. The van der Waals surface area contributed by atoms with E-state index in [2.05, 4.69) is 231 Å². The lowest BCUT2D eigenvalue weighted by molar-refractivity contribution is 1.03. The molecule has 0 aliphatic carbocycles. The van der Waals surface area contributed by atoms with Gasteiger partial charge in [0.1, 0.15) is 6.07 Å². The van der Waals surface area contributed by atoms with Gasteiger partial charge < -0.3 is 18.3 Å². The number of aromatic nitrogens is 4. The zero-order valence-electron chi connectivity index (χ0n) is 36.7. The number of fused-ring (bicyclic) bond motifs is 16. The van der Waals surface area contributed by atoms with E-state index in [1.54, 1.807) is 11.3 Å². The van der Waals surface area contributed by atoms with Crippen molar-refractivity contribution >= 4 is 124 Å². The van der Waals surface area contributed by atoms with Gasteiger partial charge in [0, 0.05) is 58.6 Å². The molecule has 0 amide bonds. The quantitative estimate of drug-likeness (QED) is 0.162. The predicted octanol–water partition coefficient (Wildman–Crippen LogP) is 16.9. The smallest absolute Gasteiger partial charge is 0.237 e. The maximum atomic E-state index is 12.5. The second-order valence-electron chi connectivity index (χ2n) is 17.7. The monoisotopic (exact) mass is 894 g/mol.